The predicted octanol–water partition coefficient (Wildman–Crippen LogP) is 1.29. The third-order valence-electron chi connectivity index (χ3n) is 3.21. The molecule has 3 N–H and O–H groups in total. The third-order valence-corrected chi connectivity index (χ3v) is 4.50. The van der Waals surface area contributed by atoms with Crippen LogP contribution in [0.15, 0.2) is 41.7 Å². The maximum Gasteiger partial charge on any atom is 0.328 e. The second-order valence-corrected chi connectivity index (χ2v) is 6.26. The molecule has 1 aliphatic rings. The fourth-order valence-corrected chi connectivity index (χ4v) is 3.23. The summed E-state index contributed by atoms with van der Waals surface area (Å²) >= 11 is 1.85. The molecule has 2 aromatic heterocycles. The molecule has 0 spiro atoms. The minimum absolute atomic E-state index is 0.558. The van der Waals surface area contributed by atoms with Gasteiger partial charge in [-0.15, -0.1) is 10.2 Å². The normalized spacial score (nSPS) is 15.2. The number of fused-ring (bicyclic) bond motifs is 1. The molecule has 1 fully saturated rings. The number of carboxylic acids is 2. The molecule has 1 aliphatic heterocycles. The Hall–Kier alpha value is -2.39. The van der Waals surface area contributed by atoms with Crippen LogP contribution < -0.4 is 5.32 Å². The van der Waals surface area contributed by atoms with E-state index in [0.717, 1.165) is 23.9 Å². The Labute approximate surface area is 142 Å². The van der Waals surface area contributed by atoms with Crippen LogP contribution in [0.3, 0.4) is 0 Å². The van der Waals surface area contributed by atoms with Gasteiger partial charge in [-0.2, -0.15) is 0 Å². The molecular weight excluding hydrogens is 332 g/mol. The molecule has 3 heterocycles. The number of pyridine rings is 1. The molecule has 1 saturated heterocycles. The SMILES string of the molecule is O=C(O)C=CC(=O)O.c1ccn2c(SC3CCNCC3)nnc2c1. The molecule has 0 bridgehead atoms. The molecule has 128 valence electrons. The van der Waals surface area contributed by atoms with E-state index in [4.69, 9.17) is 10.2 Å². The maximum atomic E-state index is 9.55. The van der Waals surface area contributed by atoms with E-state index in [9.17, 15) is 9.59 Å². The van der Waals surface area contributed by atoms with Crippen molar-refractivity contribution in [3.63, 3.8) is 0 Å². The van der Waals surface area contributed by atoms with Crippen molar-refractivity contribution in [1.82, 2.24) is 19.9 Å². The van der Waals surface area contributed by atoms with Gasteiger partial charge >= 0.3 is 11.9 Å². The van der Waals surface area contributed by atoms with Crippen molar-refractivity contribution in [3.8, 4) is 0 Å². The number of hydrogen-bond donors (Lipinski definition) is 3. The van der Waals surface area contributed by atoms with Gasteiger partial charge in [0.2, 0.25) is 0 Å². The van der Waals surface area contributed by atoms with Crippen molar-refractivity contribution in [2.75, 3.05) is 13.1 Å². The van der Waals surface area contributed by atoms with E-state index >= 15 is 0 Å². The van der Waals surface area contributed by atoms with Crippen molar-refractivity contribution >= 4 is 29.3 Å². The van der Waals surface area contributed by atoms with Crippen LogP contribution in [-0.4, -0.2) is 55.1 Å². The van der Waals surface area contributed by atoms with Gasteiger partial charge in [0.25, 0.3) is 0 Å². The van der Waals surface area contributed by atoms with Crippen molar-refractivity contribution in [1.29, 1.82) is 0 Å². The van der Waals surface area contributed by atoms with Crippen LogP contribution in [0.2, 0.25) is 0 Å². The van der Waals surface area contributed by atoms with Gasteiger partial charge in [0.15, 0.2) is 10.8 Å². The fourth-order valence-electron chi connectivity index (χ4n) is 2.10. The number of thioether (sulfide) groups is 1. The van der Waals surface area contributed by atoms with E-state index in [0.29, 0.717) is 17.4 Å². The standard InChI is InChI=1S/C11H14N4S.C4H4O4/c1-2-8-15-10(3-1)13-14-11(15)16-9-4-6-12-7-5-9;5-3(6)1-2-4(7)8/h1-3,8-9,12H,4-7H2;1-2H,(H,5,6)(H,7,8). The molecule has 0 saturated carbocycles. The number of carbonyl (C=O) groups is 2. The summed E-state index contributed by atoms with van der Waals surface area (Å²) in [5.74, 6) is -2.51. The lowest BCUT2D eigenvalue weighted by Gasteiger charge is -2.20. The monoisotopic (exact) mass is 350 g/mol. The topological polar surface area (TPSA) is 117 Å². The third kappa shape index (κ3) is 5.67. The molecule has 0 aromatic carbocycles. The lowest BCUT2D eigenvalue weighted by atomic mass is 10.2. The molecule has 24 heavy (non-hydrogen) atoms. The highest BCUT2D eigenvalue weighted by atomic mass is 32.2. The van der Waals surface area contributed by atoms with Gasteiger partial charge in [-0.05, 0) is 38.1 Å². The van der Waals surface area contributed by atoms with Gasteiger partial charge in [-0.1, -0.05) is 17.8 Å². The van der Waals surface area contributed by atoms with E-state index in [1.165, 1.54) is 12.8 Å². The summed E-state index contributed by atoms with van der Waals surface area (Å²) in [5.41, 5.74) is 0.930. The number of aliphatic carboxylic acids is 2. The zero-order valence-electron chi connectivity index (χ0n) is 12.8. The maximum absolute atomic E-state index is 9.55. The van der Waals surface area contributed by atoms with Gasteiger partial charge in [0.1, 0.15) is 0 Å². The minimum atomic E-state index is -1.26. The van der Waals surface area contributed by atoms with E-state index in [2.05, 4.69) is 19.9 Å². The van der Waals surface area contributed by atoms with E-state index < -0.39 is 11.9 Å². The summed E-state index contributed by atoms with van der Waals surface area (Å²) in [6, 6.07) is 5.99. The predicted molar refractivity (Wildman–Crippen MR) is 89.1 cm³/mol. The van der Waals surface area contributed by atoms with Crippen molar-refractivity contribution < 1.29 is 19.8 Å². The van der Waals surface area contributed by atoms with E-state index in [1.54, 1.807) is 0 Å². The quantitative estimate of drug-likeness (QED) is 0.706. The highest BCUT2D eigenvalue weighted by molar-refractivity contribution is 7.99. The number of nitrogens with one attached hydrogen (secondary N) is 1. The molecule has 0 radical (unpaired) electrons. The summed E-state index contributed by atoms with van der Waals surface area (Å²) < 4.78 is 2.06. The number of hydrogen-bond acceptors (Lipinski definition) is 6. The molecule has 0 unspecified atom stereocenters. The molecule has 2 aromatic rings. The first kappa shape index (κ1) is 18.0. The summed E-state index contributed by atoms with van der Waals surface area (Å²) in [6.45, 7) is 2.24. The summed E-state index contributed by atoms with van der Waals surface area (Å²) in [4.78, 5) is 19.1. The van der Waals surface area contributed by atoms with Gasteiger partial charge in [-0.3, -0.25) is 4.40 Å². The average molecular weight is 350 g/mol. The van der Waals surface area contributed by atoms with E-state index in [-0.39, 0.29) is 0 Å². The molecular formula is C15H18N4O4S. The Balaban J connectivity index is 0.000000224. The number of nitrogens with zero attached hydrogens (tertiary/aromatic N) is 3. The molecule has 3 rings (SSSR count). The number of aromatic nitrogens is 3. The Morgan fingerprint density at radius 3 is 2.46 bits per heavy atom. The van der Waals surface area contributed by atoms with Gasteiger partial charge in [0, 0.05) is 23.6 Å². The molecule has 0 amide bonds. The zero-order valence-corrected chi connectivity index (χ0v) is 13.6. The largest absolute Gasteiger partial charge is 0.478 e. The number of rotatable bonds is 4. The lowest BCUT2D eigenvalue weighted by molar-refractivity contribution is -0.134. The number of carboxylic acid groups (broad SMARTS) is 2. The average Bonchev–Trinajstić information content (AvgIpc) is 2.98. The van der Waals surface area contributed by atoms with Crippen molar-refractivity contribution in [3.05, 3.63) is 36.5 Å². The van der Waals surface area contributed by atoms with Crippen LogP contribution in [0.5, 0.6) is 0 Å². The second kappa shape index (κ2) is 9.04. The van der Waals surface area contributed by atoms with Gasteiger partial charge < -0.3 is 15.5 Å². The van der Waals surface area contributed by atoms with Crippen LogP contribution in [-0.2, 0) is 9.59 Å². The number of piperidine rings is 1. The van der Waals surface area contributed by atoms with Crippen molar-refractivity contribution in [2.24, 2.45) is 0 Å². The molecule has 0 aliphatic carbocycles. The zero-order chi connectivity index (χ0) is 17.4. The Bertz CT molecular complexity index is 709. The Morgan fingerprint density at radius 2 is 1.83 bits per heavy atom. The second-order valence-electron chi connectivity index (χ2n) is 4.99. The first-order valence-electron chi connectivity index (χ1n) is 7.37. The molecule has 8 nitrogen and oxygen atoms in total. The first-order chi connectivity index (χ1) is 11.6. The fraction of sp³-hybridized carbons (Fsp3) is 0.333. The van der Waals surface area contributed by atoms with Crippen LogP contribution in [0.25, 0.3) is 5.65 Å². The van der Waals surface area contributed by atoms with Gasteiger partial charge in [-0.25, -0.2) is 9.59 Å². The van der Waals surface area contributed by atoms with Crippen LogP contribution in [0, 0.1) is 0 Å². The highest BCUT2D eigenvalue weighted by Crippen LogP contribution is 2.27. The Kier molecular flexibility index (Phi) is 6.76. The van der Waals surface area contributed by atoms with Crippen molar-refractivity contribution in [2.45, 2.75) is 23.2 Å². The van der Waals surface area contributed by atoms with Crippen LogP contribution in [0.4, 0.5) is 0 Å². The summed E-state index contributed by atoms with van der Waals surface area (Å²) in [7, 11) is 0. The van der Waals surface area contributed by atoms with Crippen LogP contribution in [0.1, 0.15) is 12.8 Å². The molecule has 0 atom stereocenters. The smallest absolute Gasteiger partial charge is 0.328 e. The van der Waals surface area contributed by atoms with E-state index in [1.807, 2.05) is 36.2 Å². The molecule has 9 heteroatoms. The van der Waals surface area contributed by atoms with Gasteiger partial charge in [0.05, 0.1) is 0 Å². The van der Waals surface area contributed by atoms with Crippen LogP contribution >= 0.6 is 11.8 Å². The Morgan fingerprint density at radius 1 is 1.17 bits per heavy atom. The minimum Gasteiger partial charge on any atom is -0.478 e. The first-order valence-corrected chi connectivity index (χ1v) is 8.25. The lowest BCUT2D eigenvalue weighted by Crippen LogP contribution is -2.29. The summed E-state index contributed by atoms with van der Waals surface area (Å²) in [5, 5.41) is 29.1. The summed E-state index contributed by atoms with van der Waals surface area (Å²) in [6.07, 6.45) is 5.57. The highest BCUT2D eigenvalue weighted by Gasteiger charge is 2.17.